The van der Waals surface area contributed by atoms with Gasteiger partial charge in [-0.15, -0.1) is 0 Å². The molecule has 0 aliphatic rings. The van der Waals surface area contributed by atoms with Gasteiger partial charge in [-0.3, -0.25) is 4.89 Å². The molecule has 0 bridgehead atoms. The fourth-order valence-electron chi connectivity index (χ4n) is 2.40. The standard InChI is InChI=1S/C20H36O4/c1-2-3-4-5-6-7-8-9-10-11-12-13-14-15-16-17-20(22)24-23-19-18-21/h14-17,21H,2-13,18-19H2,1H3. The first-order valence-electron chi connectivity index (χ1n) is 9.58. The average molecular weight is 341 g/mol. The van der Waals surface area contributed by atoms with Crippen molar-refractivity contribution in [1.29, 1.82) is 0 Å². The van der Waals surface area contributed by atoms with E-state index in [-0.39, 0.29) is 13.2 Å². The molecule has 0 spiro atoms. The van der Waals surface area contributed by atoms with Gasteiger partial charge in [-0.2, -0.15) is 4.89 Å². The number of rotatable bonds is 17. The molecular formula is C20H36O4. The predicted octanol–water partition coefficient (Wildman–Crippen LogP) is 5.27. The molecule has 0 unspecified atom stereocenters. The first kappa shape index (κ1) is 22.9. The molecule has 1 N–H and O–H groups in total. The second kappa shape index (κ2) is 19.9. The van der Waals surface area contributed by atoms with Crippen LogP contribution in [0.5, 0.6) is 0 Å². The zero-order valence-electron chi connectivity index (χ0n) is 15.4. The smallest absolute Gasteiger partial charge is 0.365 e. The number of hydrogen-bond donors (Lipinski definition) is 1. The Labute approximate surface area is 147 Å². The van der Waals surface area contributed by atoms with E-state index in [0.717, 1.165) is 6.42 Å². The number of carbonyl (C=O) groups is 1. The third-order valence-corrected chi connectivity index (χ3v) is 3.77. The molecule has 140 valence electrons. The van der Waals surface area contributed by atoms with Crippen molar-refractivity contribution >= 4 is 5.97 Å². The summed E-state index contributed by atoms with van der Waals surface area (Å²) in [4.78, 5) is 19.9. The van der Waals surface area contributed by atoms with Crippen molar-refractivity contribution in [2.75, 3.05) is 13.2 Å². The number of allylic oxidation sites excluding steroid dienone is 3. The molecule has 0 amide bonds. The van der Waals surface area contributed by atoms with Gasteiger partial charge >= 0.3 is 5.97 Å². The highest BCUT2D eigenvalue weighted by Gasteiger charge is 1.95. The normalized spacial score (nSPS) is 11.6. The van der Waals surface area contributed by atoms with Crippen molar-refractivity contribution < 1.29 is 19.7 Å². The summed E-state index contributed by atoms with van der Waals surface area (Å²) in [6, 6.07) is 0. The van der Waals surface area contributed by atoms with E-state index in [0.29, 0.717) is 0 Å². The van der Waals surface area contributed by atoms with Crippen LogP contribution in [0.1, 0.15) is 84.0 Å². The Bertz CT molecular complexity index is 324. The molecule has 4 nitrogen and oxygen atoms in total. The van der Waals surface area contributed by atoms with Crippen LogP contribution in [0.4, 0.5) is 0 Å². The first-order chi connectivity index (χ1) is 11.8. The van der Waals surface area contributed by atoms with E-state index in [4.69, 9.17) is 5.11 Å². The summed E-state index contributed by atoms with van der Waals surface area (Å²) < 4.78 is 0. The predicted molar refractivity (Wildman–Crippen MR) is 98.5 cm³/mol. The molecule has 0 aliphatic carbocycles. The highest BCUT2D eigenvalue weighted by molar-refractivity contribution is 5.81. The van der Waals surface area contributed by atoms with Crippen molar-refractivity contribution in [3.05, 3.63) is 24.3 Å². The van der Waals surface area contributed by atoms with Crippen molar-refractivity contribution in [1.82, 2.24) is 0 Å². The minimum Gasteiger partial charge on any atom is -0.394 e. The van der Waals surface area contributed by atoms with Gasteiger partial charge in [-0.1, -0.05) is 89.4 Å². The molecule has 0 rings (SSSR count). The summed E-state index contributed by atoms with van der Waals surface area (Å²) in [5.41, 5.74) is 0. The van der Waals surface area contributed by atoms with E-state index in [2.05, 4.69) is 22.8 Å². The molecule has 24 heavy (non-hydrogen) atoms. The molecule has 0 aromatic carbocycles. The maximum absolute atomic E-state index is 11.1. The summed E-state index contributed by atoms with van der Waals surface area (Å²) in [5.74, 6) is -0.567. The number of aliphatic hydroxyl groups is 1. The fourth-order valence-corrected chi connectivity index (χ4v) is 2.40. The molecule has 0 atom stereocenters. The maximum atomic E-state index is 11.1. The molecule has 0 saturated heterocycles. The summed E-state index contributed by atoms with van der Waals surface area (Å²) in [7, 11) is 0. The first-order valence-corrected chi connectivity index (χ1v) is 9.58. The maximum Gasteiger partial charge on any atom is 0.365 e. The Morgan fingerprint density at radius 3 is 2.04 bits per heavy atom. The third-order valence-electron chi connectivity index (χ3n) is 3.77. The second-order valence-corrected chi connectivity index (χ2v) is 6.06. The lowest BCUT2D eigenvalue weighted by Crippen LogP contribution is -2.05. The van der Waals surface area contributed by atoms with E-state index in [1.807, 2.05) is 6.08 Å². The van der Waals surface area contributed by atoms with Crippen LogP contribution in [0.25, 0.3) is 0 Å². The molecule has 0 aromatic rings. The van der Waals surface area contributed by atoms with E-state index >= 15 is 0 Å². The van der Waals surface area contributed by atoms with Crippen molar-refractivity contribution in [2.45, 2.75) is 84.0 Å². The van der Waals surface area contributed by atoms with Crippen molar-refractivity contribution in [3.8, 4) is 0 Å². The van der Waals surface area contributed by atoms with Gasteiger partial charge in [0.25, 0.3) is 0 Å². The molecule has 0 fully saturated rings. The summed E-state index contributed by atoms with van der Waals surface area (Å²) in [6.45, 7) is 2.08. The van der Waals surface area contributed by atoms with E-state index in [1.54, 1.807) is 6.08 Å². The zero-order valence-corrected chi connectivity index (χ0v) is 15.4. The molecule has 0 aliphatic heterocycles. The second-order valence-electron chi connectivity index (χ2n) is 6.06. The SMILES string of the molecule is CCCCCCCCCCCCCC=CC=CC(=O)OOCCO. The van der Waals surface area contributed by atoms with E-state index < -0.39 is 5.97 Å². The van der Waals surface area contributed by atoms with Crippen LogP contribution in [-0.4, -0.2) is 24.3 Å². The Morgan fingerprint density at radius 2 is 1.46 bits per heavy atom. The van der Waals surface area contributed by atoms with Crippen LogP contribution in [0, 0.1) is 0 Å². The lowest BCUT2D eigenvalue weighted by molar-refractivity contribution is -0.270. The van der Waals surface area contributed by atoms with E-state index in [1.165, 1.54) is 76.7 Å². The van der Waals surface area contributed by atoms with Gasteiger partial charge in [0.05, 0.1) is 6.61 Å². The third kappa shape index (κ3) is 18.9. The molecule has 0 radical (unpaired) electrons. The van der Waals surface area contributed by atoms with Gasteiger partial charge in [-0.05, 0) is 12.8 Å². The monoisotopic (exact) mass is 340 g/mol. The van der Waals surface area contributed by atoms with Gasteiger partial charge in [0.15, 0.2) is 0 Å². The van der Waals surface area contributed by atoms with Gasteiger partial charge in [-0.25, -0.2) is 4.79 Å². The summed E-state index contributed by atoms with van der Waals surface area (Å²) in [5, 5.41) is 8.45. The Morgan fingerprint density at radius 1 is 0.875 bits per heavy atom. The molecule has 0 aromatic heterocycles. The van der Waals surface area contributed by atoms with E-state index in [9.17, 15) is 4.79 Å². The lowest BCUT2D eigenvalue weighted by Gasteiger charge is -2.01. The highest BCUT2D eigenvalue weighted by Crippen LogP contribution is 2.11. The fraction of sp³-hybridized carbons (Fsp3) is 0.750. The zero-order chi connectivity index (χ0) is 17.7. The summed E-state index contributed by atoms with van der Waals surface area (Å²) >= 11 is 0. The van der Waals surface area contributed by atoms with Crippen molar-refractivity contribution in [3.63, 3.8) is 0 Å². The number of unbranched alkanes of at least 4 members (excludes halogenated alkanes) is 11. The number of aliphatic hydroxyl groups excluding tert-OH is 1. The number of hydrogen-bond acceptors (Lipinski definition) is 4. The molecule has 0 heterocycles. The van der Waals surface area contributed by atoms with Gasteiger partial charge in [0.2, 0.25) is 0 Å². The summed E-state index contributed by atoms with van der Waals surface area (Å²) in [6.07, 6.45) is 22.8. The average Bonchev–Trinajstić information content (AvgIpc) is 2.58. The van der Waals surface area contributed by atoms with Gasteiger partial charge < -0.3 is 5.11 Å². The Balaban J connectivity index is 3.27. The Kier molecular flexibility index (Phi) is 19.0. The van der Waals surface area contributed by atoms with Crippen LogP contribution in [0.2, 0.25) is 0 Å². The van der Waals surface area contributed by atoms with Crippen LogP contribution < -0.4 is 0 Å². The van der Waals surface area contributed by atoms with Gasteiger partial charge in [0.1, 0.15) is 6.61 Å². The quantitative estimate of drug-likeness (QED) is 0.129. The van der Waals surface area contributed by atoms with Crippen LogP contribution in [0.15, 0.2) is 24.3 Å². The van der Waals surface area contributed by atoms with Crippen LogP contribution in [-0.2, 0) is 14.6 Å². The molecule has 0 saturated carbocycles. The number of carbonyl (C=O) groups excluding carboxylic acids is 1. The minimum atomic E-state index is -0.567. The largest absolute Gasteiger partial charge is 0.394 e. The minimum absolute atomic E-state index is 0.00568. The Hall–Kier alpha value is -1.13. The molecular weight excluding hydrogens is 304 g/mol. The highest BCUT2D eigenvalue weighted by atomic mass is 17.2. The van der Waals surface area contributed by atoms with Gasteiger partial charge in [0, 0.05) is 6.08 Å². The van der Waals surface area contributed by atoms with Crippen LogP contribution >= 0.6 is 0 Å². The van der Waals surface area contributed by atoms with Crippen molar-refractivity contribution in [2.24, 2.45) is 0 Å². The van der Waals surface area contributed by atoms with Crippen LogP contribution in [0.3, 0.4) is 0 Å². The topological polar surface area (TPSA) is 55.8 Å². The lowest BCUT2D eigenvalue weighted by atomic mass is 10.1. The molecule has 4 heteroatoms.